The van der Waals surface area contributed by atoms with E-state index >= 15 is 0 Å². The Labute approximate surface area is 105 Å². The van der Waals surface area contributed by atoms with Gasteiger partial charge in [-0.05, 0) is 24.3 Å². The van der Waals surface area contributed by atoms with Gasteiger partial charge in [-0.2, -0.15) is 0 Å². The van der Waals surface area contributed by atoms with Crippen molar-refractivity contribution in [2.45, 2.75) is 0 Å². The van der Waals surface area contributed by atoms with Gasteiger partial charge in [-0.1, -0.05) is 5.92 Å². The van der Waals surface area contributed by atoms with Crippen molar-refractivity contribution in [2.24, 2.45) is 0 Å². The molecule has 0 bridgehead atoms. The quantitative estimate of drug-likeness (QED) is 0.637. The van der Waals surface area contributed by atoms with Crippen LogP contribution in [0.5, 0.6) is 0 Å². The van der Waals surface area contributed by atoms with Crippen molar-refractivity contribution in [3.63, 3.8) is 0 Å². The molecular formula is C13H12N2O3. The zero-order chi connectivity index (χ0) is 13.0. The van der Waals surface area contributed by atoms with Crippen molar-refractivity contribution in [3.8, 4) is 12.3 Å². The first-order valence-corrected chi connectivity index (χ1v) is 5.48. The topological polar surface area (TPSA) is 58.6 Å². The minimum atomic E-state index is -0.467. The molecule has 0 atom stereocenters. The Morgan fingerprint density at radius 3 is 2.72 bits per heavy atom. The van der Waals surface area contributed by atoms with Crippen LogP contribution in [0.15, 0.2) is 24.3 Å². The Hall–Kier alpha value is -2.48. The molecule has 1 aromatic carbocycles. The molecule has 2 rings (SSSR count). The number of ether oxygens (including phenoxy) is 1. The van der Waals surface area contributed by atoms with Gasteiger partial charge in [0.05, 0.1) is 5.56 Å². The van der Waals surface area contributed by atoms with Crippen LogP contribution < -0.4 is 10.2 Å². The Kier molecular flexibility index (Phi) is 3.49. The number of hydrogen-bond donors (Lipinski definition) is 1. The second-order valence-corrected chi connectivity index (χ2v) is 3.71. The summed E-state index contributed by atoms with van der Waals surface area (Å²) in [6, 6.07) is 6.51. The SMILES string of the molecule is C#CCOC(=O)c1ccc(N2CCNC2=O)cc1. The molecule has 1 aliphatic rings. The Morgan fingerprint density at radius 2 is 2.17 bits per heavy atom. The van der Waals surface area contributed by atoms with E-state index in [4.69, 9.17) is 11.2 Å². The summed E-state index contributed by atoms with van der Waals surface area (Å²) in [5.41, 5.74) is 1.16. The van der Waals surface area contributed by atoms with Crippen LogP contribution in [0, 0.1) is 12.3 Å². The molecule has 1 aliphatic heterocycles. The number of hydrogen-bond acceptors (Lipinski definition) is 3. The van der Waals surface area contributed by atoms with Crippen LogP contribution in [0.1, 0.15) is 10.4 Å². The molecule has 0 spiro atoms. The van der Waals surface area contributed by atoms with E-state index in [0.29, 0.717) is 18.7 Å². The Bertz CT molecular complexity index is 502. The molecule has 2 amide bonds. The lowest BCUT2D eigenvalue weighted by molar-refractivity contribution is 0.0557. The summed E-state index contributed by atoms with van der Waals surface area (Å²) in [6.07, 6.45) is 5.00. The van der Waals surface area contributed by atoms with Gasteiger partial charge in [0, 0.05) is 18.8 Å². The Morgan fingerprint density at radius 1 is 1.44 bits per heavy atom. The molecule has 0 aliphatic carbocycles. The first-order valence-electron chi connectivity index (χ1n) is 5.48. The molecule has 18 heavy (non-hydrogen) atoms. The highest BCUT2D eigenvalue weighted by molar-refractivity contribution is 5.95. The van der Waals surface area contributed by atoms with E-state index in [-0.39, 0.29) is 12.6 Å². The predicted octanol–water partition coefficient (Wildman–Crippen LogP) is 1.01. The lowest BCUT2D eigenvalue weighted by Gasteiger charge is -2.14. The van der Waals surface area contributed by atoms with Crippen LogP contribution in [0.3, 0.4) is 0 Å². The molecule has 0 radical (unpaired) electrons. The largest absolute Gasteiger partial charge is 0.449 e. The smallest absolute Gasteiger partial charge is 0.339 e. The van der Waals surface area contributed by atoms with E-state index in [2.05, 4.69) is 11.2 Å². The van der Waals surface area contributed by atoms with E-state index in [1.165, 1.54) is 0 Å². The highest BCUT2D eigenvalue weighted by atomic mass is 16.5. The summed E-state index contributed by atoms with van der Waals surface area (Å²) in [5, 5.41) is 2.71. The van der Waals surface area contributed by atoms with Crippen molar-refractivity contribution in [2.75, 3.05) is 24.6 Å². The molecule has 0 saturated carbocycles. The first-order chi connectivity index (χ1) is 8.72. The van der Waals surface area contributed by atoms with Gasteiger partial charge in [-0.15, -0.1) is 6.42 Å². The maximum absolute atomic E-state index is 11.5. The van der Waals surface area contributed by atoms with Crippen LogP contribution >= 0.6 is 0 Å². The Balaban J connectivity index is 2.08. The number of terminal acetylenes is 1. The van der Waals surface area contributed by atoms with Crippen LogP contribution in [0.2, 0.25) is 0 Å². The second-order valence-electron chi connectivity index (χ2n) is 3.71. The van der Waals surface area contributed by atoms with E-state index in [9.17, 15) is 9.59 Å². The first kappa shape index (κ1) is 12.0. The van der Waals surface area contributed by atoms with E-state index in [1.807, 2.05) is 0 Å². The molecule has 1 saturated heterocycles. The van der Waals surface area contributed by atoms with Crippen LogP contribution in [0.4, 0.5) is 10.5 Å². The van der Waals surface area contributed by atoms with Crippen molar-refractivity contribution in [3.05, 3.63) is 29.8 Å². The van der Waals surface area contributed by atoms with Crippen molar-refractivity contribution in [1.82, 2.24) is 5.32 Å². The fourth-order valence-electron chi connectivity index (χ4n) is 1.69. The predicted molar refractivity (Wildman–Crippen MR) is 66.3 cm³/mol. The molecule has 0 unspecified atom stereocenters. The fourth-order valence-corrected chi connectivity index (χ4v) is 1.69. The molecule has 5 nitrogen and oxygen atoms in total. The molecule has 5 heteroatoms. The van der Waals surface area contributed by atoms with Gasteiger partial charge in [0.25, 0.3) is 0 Å². The molecule has 1 heterocycles. The zero-order valence-corrected chi connectivity index (χ0v) is 9.68. The number of benzene rings is 1. The van der Waals surface area contributed by atoms with E-state index < -0.39 is 5.97 Å². The molecule has 92 valence electrons. The average molecular weight is 244 g/mol. The number of amides is 2. The van der Waals surface area contributed by atoms with Crippen LogP contribution in [-0.4, -0.2) is 31.7 Å². The standard InChI is InChI=1S/C13H12N2O3/c1-2-9-18-12(16)10-3-5-11(6-4-10)15-8-7-14-13(15)17/h1,3-6H,7-9H2,(H,14,17). The molecule has 1 N–H and O–H groups in total. The minimum Gasteiger partial charge on any atom is -0.449 e. The summed E-state index contributed by atoms with van der Waals surface area (Å²) in [6.45, 7) is 1.21. The summed E-state index contributed by atoms with van der Waals surface area (Å²) in [7, 11) is 0. The summed E-state index contributed by atoms with van der Waals surface area (Å²) in [5.74, 6) is 1.76. The monoisotopic (exact) mass is 244 g/mol. The lowest BCUT2D eigenvalue weighted by atomic mass is 10.2. The second kappa shape index (κ2) is 5.23. The van der Waals surface area contributed by atoms with Crippen molar-refractivity contribution >= 4 is 17.7 Å². The van der Waals surface area contributed by atoms with Crippen LogP contribution in [0.25, 0.3) is 0 Å². The van der Waals surface area contributed by atoms with Gasteiger partial charge in [-0.3, -0.25) is 4.90 Å². The molecule has 1 aromatic rings. The number of urea groups is 1. The van der Waals surface area contributed by atoms with Gasteiger partial charge in [0.15, 0.2) is 6.61 Å². The molecular weight excluding hydrogens is 232 g/mol. The third-order valence-corrected chi connectivity index (χ3v) is 2.56. The third kappa shape index (κ3) is 2.43. The number of rotatable bonds is 3. The van der Waals surface area contributed by atoms with Crippen molar-refractivity contribution < 1.29 is 14.3 Å². The van der Waals surface area contributed by atoms with Gasteiger partial charge in [0.1, 0.15) is 0 Å². The van der Waals surface area contributed by atoms with Crippen LogP contribution in [-0.2, 0) is 4.74 Å². The number of carbonyl (C=O) groups excluding carboxylic acids is 2. The van der Waals surface area contributed by atoms with E-state index in [1.54, 1.807) is 29.2 Å². The maximum atomic E-state index is 11.5. The number of esters is 1. The zero-order valence-electron chi connectivity index (χ0n) is 9.68. The van der Waals surface area contributed by atoms with Gasteiger partial charge in [-0.25, -0.2) is 9.59 Å². The molecule has 0 aromatic heterocycles. The van der Waals surface area contributed by atoms with Gasteiger partial charge < -0.3 is 10.1 Å². The van der Waals surface area contributed by atoms with Crippen molar-refractivity contribution in [1.29, 1.82) is 0 Å². The lowest BCUT2D eigenvalue weighted by Crippen LogP contribution is -2.27. The third-order valence-electron chi connectivity index (χ3n) is 2.56. The molecule has 1 fully saturated rings. The van der Waals surface area contributed by atoms with Gasteiger partial charge in [0.2, 0.25) is 0 Å². The number of anilines is 1. The number of nitrogens with one attached hydrogen (secondary N) is 1. The normalized spacial score (nSPS) is 13.9. The number of nitrogens with zero attached hydrogens (tertiary/aromatic N) is 1. The highest BCUT2D eigenvalue weighted by Crippen LogP contribution is 2.17. The fraction of sp³-hybridized carbons (Fsp3) is 0.231. The maximum Gasteiger partial charge on any atom is 0.339 e. The number of carbonyl (C=O) groups is 2. The summed E-state index contributed by atoms with van der Waals surface area (Å²) < 4.78 is 4.80. The van der Waals surface area contributed by atoms with Gasteiger partial charge >= 0.3 is 12.0 Å². The summed E-state index contributed by atoms with van der Waals surface area (Å²) in [4.78, 5) is 24.5. The minimum absolute atomic E-state index is 0.0465. The summed E-state index contributed by atoms with van der Waals surface area (Å²) >= 11 is 0. The van der Waals surface area contributed by atoms with E-state index in [0.717, 1.165) is 5.69 Å². The average Bonchev–Trinajstić information content (AvgIpc) is 2.82. The highest BCUT2D eigenvalue weighted by Gasteiger charge is 2.21.